The number of primary amides is 1. The minimum Gasteiger partial charge on any atom is -0.369 e. The Morgan fingerprint density at radius 3 is 2.90 bits per heavy atom. The van der Waals surface area contributed by atoms with E-state index in [-0.39, 0.29) is 5.91 Å². The number of likely N-dealkylation sites (tertiary alicyclic amines) is 1. The van der Waals surface area contributed by atoms with E-state index in [0.717, 1.165) is 19.0 Å². The van der Waals surface area contributed by atoms with Crippen molar-refractivity contribution in [3.05, 3.63) is 0 Å². The maximum Gasteiger partial charge on any atom is 0.231 e. The molecule has 1 heterocycles. The molecule has 0 bridgehead atoms. The highest BCUT2D eigenvalue weighted by atomic mass is 16.1. The number of hydrogen-bond acceptors (Lipinski definition) is 2. The van der Waals surface area contributed by atoms with Crippen LogP contribution in [-0.4, -0.2) is 30.4 Å². The Morgan fingerprint density at radius 1 is 1.80 bits per heavy atom. The van der Waals surface area contributed by atoms with Crippen molar-refractivity contribution in [2.45, 2.75) is 13.3 Å². The van der Waals surface area contributed by atoms with Gasteiger partial charge >= 0.3 is 0 Å². The lowest BCUT2D eigenvalue weighted by Crippen LogP contribution is -2.31. The Hall–Kier alpha value is -0.570. The van der Waals surface area contributed by atoms with Crippen molar-refractivity contribution in [3.63, 3.8) is 0 Å². The van der Waals surface area contributed by atoms with E-state index in [4.69, 9.17) is 5.73 Å². The van der Waals surface area contributed by atoms with Gasteiger partial charge in [0, 0.05) is 6.54 Å². The van der Waals surface area contributed by atoms with Crippen LogP contribution in [0.5, 0.6) is 0 Å². The number of rotatable bonds is 2. The van der Waals surface area contributed by atoms with Gasteiger partial charge in [0.1, 0.15) is 0 Å². The second-order valence-corrected chi connectivity index (χ2v) is 3.10. The van der Waals surface area contributed by atoms with Crippen LogP contribution in [0.15, 0.2) is 0 Å². The van der Waals surface area contributed by atoms with Crippen LogP contribution in [-0.2, 0) is 4.79 Å². The fourth-order valence-electron chi connectivity index (χ4n) is 1.39. The second-order valence-electron chi connectivity index (χ2n) is 3.10. The fourth-order valence-corrected chi connectivity index (χ4v) is 1.39. The molecule has 1 rings (SSSR count). The Labute approximate surface area is 61.2 Å². The van der Waals surface area contributed by atoms with E-state index < -0.39 is 0 Å². The van der Waals surface area contributed by atoms with Gasteiger partial charge in [-0.05, 0) is 18.9 Å². The number of hydrogen-bond donors (Lipinski definition) is 1. The largest absolute Gasteiger partial charge is 0.369 e. The highest BCUT2D eigenvalue weighted by molar-refractivity contribution is 5.75. The van der Waals surface area contributed by atoms with Gasteiger partial charge in [0.05, 0.1) is 6.54 Å². The molecule has 3 nitrogen and oxygen atoms in total. The number of nitrogens with zero attached hydrogens (tertiary/aromatic N) is 1. The van der Waals surface area contributed by atoms with Gasteiger partial charge in [-0.25, -0.2) is 0 Å². The zero-order valence-electron chi connectivity index (χ0n) is 6.34. The lowest BCUT2D eigenvalue weighted by atomic mass is 10.2. The molecule has 0 unspecified atom stereocenters. The van der Waals surface area contributed by atoms with Crippen LogP contribution in [0.3, 0.4) is 0 Å². The summed E-state index contributed by atoms with van der Waals surface area (Å²) in [5.41, 5.74) is 5.04. The van der Waals surface area contributed by atoms with Crippen LogP contribution < -0.4 is 5.73 Å². The molecule has 1 fully saturated rings. The summed E-state index contributed by atoms with van der Waals surface area (Å²) in [6.45, 7) is 4.69. The van der Waals surface area contributed by atoms with E-state index in [1.807, 2.05) is 0 Å². The maximum absolute atomic E-state index is 10.4. The average molecular weight is 142 g/mol. The third-order valence-corrected chi connectivity index (χ3v) is 1.89. The first-order chi connectivity index (χ1) is 4.68. The average Bonchev–Trinajstić information content (AvgIpc) is 2.13. The molecule has 10 heavy (non-hydrogen) atoms. The van der Waals surface area contributed by atoms with Gasteiger partial charge in [0.15, 0.2) is 0 Å². The molecule has 1 saturated heterocycles. The zero-order valence-corrected chi connectivity index (χ0v) is 6.34. The molecular weight excluding hydrogens is 128 g/mol. The summed E-state index contributed by atoms with van der Waals surface area (Å²) in [5, 5.41) is 0. The Bertz CT molecular complexity index is 136. The maximum atomic E-state index is 10.4. The summed E-state index contributed by atoms with van der Waals surface area (Å²) in [7, 11) is 0. The van der Waals surface area contributed by atoms with Crippen LogP contribution in [0.4, 0.5) is 0 Å². The van der Waals surface area contributed by atoms with E-state index in [1.54, 1.807) is 0 Å². The monoisotopic (exact) mass is 142 g/mol. The molecule has 1 atom stereocenters. The molecule has 0 aromatic heterocycles. The fraction of sp³-hybridized carbons (Fsp3) is 0.857. The zero-order chi connectivity index (χ0) is 7.56. The summed E-state index contributed by atoms with van der Waals surface area (Å²) in [6, 6.07) is 0. The summed E-state index contributed by atoms with van der Waals surface area (Å²) in [6.07, 6.45) is 1.20. The Kier molecular flexibility index (Phi) is 2.27. The van der Waals surface area contributed by atoms with Crippen molar-refractivity contribution < 1.29 is 4.79 Å². The van der Waals surface area contributed by atoms with E-state index in [9.17, 15) is 4.79 Å². The van der Waals surface area contributed by atoms with Crippen molar-refractivity contribution in [3.8, 4) is 0 Å². The molecule has 1 aliphatic rings. The lowest BCUT2D eigenvalue weighted by molar-refractivity contribution is -0.118. The van der Waals surface area contributed by atoms with Gasteiger partial charge in [-0.15, -0.1) is 0 Å². The quantitative estimate of drug-likeness (QED) is 0.581. The molecular formula is C7H14N2O. The molecule has 0 aromatic rings. The molecule has 1 amide bonds. The predicted octanol–water partition coefficient (Wildman–Crippen LogP) is -0.187. The van der Waals surface area contributed by atoms with Crippen LogP contribution in [0, 0.1) is 5.92 Å². The van der Waals surface area contributed by atoms with Crippen LogP contribution in [0.25, 0.3) is 0 Å². The van der Waals surface area contributed by atoms with E-state index >= 15 is 0 Å². The van der Waals surface area contributed by atoms with Crippen molar-refractivity contribution in [2.24, 2.45) is 11.7 Å². The van der Waals surface area contributed by atoms with Crippen molar-refractivity contribution in [2.75, 3.05) is 19.6 Å². The second kappa shape index (κ2) is 3.01. The highest BCUT2D eigenvalue weighted by Gasteiger charge is 2.19. The molecule has 0 radical (unpaired) electrons. The molecule has 2 N–H and O–H groups in total. The molecule has 58 valence electrons. The molecule has 0 saturated carbocycles. The molecule has 0 aliphatic carbocycles. The summed E-state index contributed by atoms with van der Waals surface area (Å²) in [4.78, 5) is 12.5. The number of carbonyl (C=O) groups excluding carboxylic acids is 1. The van der Waals surface area contributed by atoms with Crippen molar-refractivity contribution >= 4 is 5.91 Å². The minimum atomic E-state index is -0.214. The van der Waals surface area contributed by atoms with E-state index in [0.29, 0.717) is 6.54 Å². The molecule has 0 spiro atoms. The normalized spacial score (nSPS) is 27.1. The third kappa shape index (κ3) is 1.99. The van der Waals surface area contributed by atoms with E-state index in [2.05, 4.69) is 11.8 Å². The highest BCUT2D eigenvalue weighted by Crippen LogP contribution is 2.13. The van der Waals surface area contributed by atoms with Gasteiger partial charge in [0.2, 0.25) is 5.91 Å². The summed E-state index contributed by atoms with van der Waals surface area (Å²) >= 11 is 0. The van der Waals surface area contributed by atoms with Gasteiger partial charge in [-0.2, -0.15) is 0 Å². The van der Waals surface area contributed by atoms with Gasteiger partial charge in [-0.3, -0.25) is 9.69 Å². The van der Waals surface area contributed by atoms with Crippen LogP contribution >= 0.6 is 0 Å². The predicted molar refractivity (Wildman–Crippen MR) is 39.4 cm³/mol. The Balaban J connectivity index is 2.24. The first-order valence-corrected chi connectivity index (χ1v) is 3.69. The SMILES string of the molecule is C[C@@H]1CCN(CC(N)=O)C1. The lowest BCUT2D eigenvalue weighted by Gasteiger charge is -2.11. The summed E-state index contributed by atoms with van der Waals surface area (Å²) in [5.74, 6) is 0.522. The van der Waals surface area contributed by atoms with Crippen molar-refractivity contribution in [1.82, 2.24) is 4.90 Å². The summed E-state index contributed by atoms with van der Waals surface area (Å²) < 4.78 is 0. The molecule has 1 aliphatic heterocycles. The van der Waals surface area contributed by atoms with Crippen molar-refractivity contribution in [1.29, 1.82) is 0 Å². The smallest absolute Gasteiger partial charge is 0.231 e. The third-order valence-electron chi connectivity index (χ3n) is 1.89. The Morgan fingerprint density at radius 2 is 2.50 bits per heavy atom. The molecule has 3 heteroatoms. The van der Waals surface area contributed by atoms with E-state index in [1.165, 1.54) is 6.42 Å². The standard InChI is InChI=1S/C7H14N2O/c1-6-2-3-9(4-6)5-7(8)10/h6H,2-5H2,1H3,(H2,8,10)/t6-/m1/s1. The number of amides is 1. The molecule has 0 aromatic carbocycles. The van der Waals surface area contributed by atoms with Gasteiger partial charge in [0.25, 0.3) is 0 Å². The first kappa shape index (κ1) is 7.54. The van der Waals surface area contributed by atoms with Gasteiger partial charge in [-0.1, -0.05) is 6.92 Å². The van der Waals surface area contributed by atoms with Crippen LogP contribution in [0.1, 0.15) is 13.3 Å². The van der Waals surface area contributed by atoms with Crippen LogP contribution in [0.2, 0.25) is 0 Å². The number of nitrogens with two attached hydrogens (primary N) is 1. The first-order valence-electron chi connectivity index (χ1n) is 3.69. The topological polar surface area (TPSA) is 46.3 Å². The number of carbonyl (C=O) groups is 1. The minimum absolute atomic E-state index is 0.214. The van der Waals surface area contributed by atoms with Gasteiger partial charge < -0.3 is 5.73 Å².